The van der Waals surface area contributed by atoms with Crippen molar-refractivity contribution in [2.45, 2.75) is 31.1 Å². The zero-order valence-electron chi connectivity index (χ0n) is 8.84. The predicted molar refractivity (Wildman–Crippen MR) is 53.8 cm³/mol. The van der Waals surface area contributed by atoms with Crippen LogP contribution in [-0.4, -0.2) is 31.3 Å². The van der Waals surface area contributed by atoms with Gasteiger partial charge in [0.2, 0.25) is 0 Å². The molecule has 0 aromatic heterocycles. The second-order valence-electron chi connectivity index (χ2n) is 4.65. The summed E-state index contributed by atoms with van der Waals surface area (Å²) < 4.78 is 48.5. The first-order valence-corrected chi connectivity index (χ1v) is 6.89. The number of aliphatic carboxylic acids is 1. The van der Waals surface area contributed by atoms with Crippen LogP contribution in [0, 0.1) is 17.8 Å². The number of nitrogens with one attached hydrogen (secondary N) is 1. The van der Waals surface area contributed by atoms with E-state index in [0.29, 0.717) is 12.8 Å². The van der Waals surface area contributed by atoms with Crippen molar-refractivity contribution in [3.63, 3.8) is 0 Å². The first kappa shape index (κ1) is 12.7. The van der Waals surface area contributed by atoms with E-state index >= 15 is 0 Å². The van der Waals surface area contributed by atoms with E-state index in [4.69, 9.17) is 5.11 Å². The van der Waals surface area contributed by atoms with Crippen molar-refractivity contribution in [3.05, 3.63) is 0 Å². The molecule has 0 aromatic rings. The lowest BCUT2D eigenvalue weighted by molar-refractivity contribution is -0.144. The number of halogens is 2. The molecule has 4 atom stereocenters. The van der Waals surface area contributed by atoms with Gasteiger partial charge in [-0.05, 0) is 31.1 Å². The molecule has 0 aliphatic heterocycles. The SMILES string of the molecule is O=C(O)C1C2CCC(C2)C1NS(=O)(=O)C(F)F. The molecular weight excluding hydrogens is 256 g/mol. The molecule has 2 saturated carbocycles. The molecule has 0 saturated heterocycles. The van der Waals surface area contributed by atoms with Gasteiger partial charge in [-0.25, -0.2) is 13.1 Å². The van der Waals surface area contributed by atoms with Crippen LogP contribution in [-0.2, 0) is 14.8 Å². The maximum Gasteiger partial charge on any atom is 0.350 e. The number of alkyl halides is 2. The number of carbonyl (C=O) groups is 1. The lowest BCUT2D eigenvalue weighted by Gasteiger charge is -2.28. The highest BCUT2D eigenvalue weighted by Crippen LogP contribution is 2.48. The summed E-state index contributed by atoms with van der Waals surface area (Å²) in [6, 6.07) is -0.884. The molecule has 8 heteroatoms. The minimum Gasteiger partial charge on any atom is -0.481 e. The highest BCUT2D eigenvalue weighted by molar-refractivity contribution is 7.89. The number of hydrogen-bond acceptors (Lipinski definition) is 3. The molecule has 4 unspecified atom stereocenters. The smallest absolute Gasteiger partial charge is 0.350 e. The molecule has 2 N–H and O–H groups in total. The Balaban J connectivity index is 2.18. The molecule has 2 fully saturated rings. The van der Waals surface area contributed by atoms with Crippen molar-refractivity contribution in [2.24, 2.45) is 17.8 Å². The van der Waals surface area contributed by atoms with Gasteiger partial charge in [-0.2, -0.15) is 8.78 Å². The number of fused-ring (bicyclic) bond motifs is 2. The third-order valence-electron chi connectivity index (χ3n) is 3.74. The molecule has 17 heavy (non-hydrogen) atoms. The Kier molecular flexibility index (Phi) is 3.11. The molecule has 2 aliphatic rings. The summed E-state index contributed by atoms with van der Waals surface area (Å²) in [7, 11) is -4.72. The second kappa shape index (κ2) is 4.16. The third kappa shape index (κ3) is 2.15. The van der Waals surface area contributed by atoms with Gasteiger partial charge in [0, 0.05) is 6.04 Å². The van der Waals surface area contributed by atoms with E-state index in [9.17, 15) is 22.0 Å². The number of rotatable bonds is 4. The number of carboxylic acid groups (broad SMARTS) is 1. The van der Waals surface area contributed by atoms with Crippen LogP contribution in [0.1, 0.15) is 19.3 Å². The van der Waals surface area contributed by atoms with E-state index < -0.39 is 33.7 Å². The van der Waals surface area contributed by atoms with Crippen LogP contribution in [0.2, 0.25) is 0 Å². The van der Waals surface area contributed by atoms with Gasteiger partial charge in [0.05, 0.1) is 5.92 Å². The third-order valence-corrected chi connectivity index (χ3v) is 4.81. The normalized spacial score (nSPS) is 36.6. The van der Waals surface area contributed by atoms with E-state index in [1.54, 1.807) is 0 Å². The van der Waals surface area contributed by atoms with E-state index in [0.717, 1.165) is 6.42 Å². The molecule has 0 heterocycles. The van der Waals surface area contributed by atoms with Gasteiger partial charge in [-0.15, -0.1) is 0 Å². The molecule has 98 valence electrons. The van der Waals surface area contributed by atoms with Crippen LogP contribution in [0.5, 0.6) is 0 Å². The standard InChI is InChI=1S/C9H13F2NO4S/c10-9(11)17(15,16)12-7-5-2-1-4(3-5)6(7)8(13)14/h4-7,9,12H,1-3H2,(H,13,14). The van der Waals surface area contributed by atoms with Crippen molar-refractivity contribution >= 4 is 16.0 Å². The van der Waals surface area contributed by atoms with Gasteiger partial charge in [0.15, 0.2) is 0 Å². The van der Waals surface area contributed by atoms with Crippen molar-refractivity contribution in [1.82, 2.24) is 4.72 Å². The van der Waals surface area contributed by atoms with Gasteiger partial charge < -0.3 is 5.11 Å². The van der Waals surface area contributed by atoms with Crippen LogP contribution in [0.25, 0.3) is 0 Å². The molecule has 2 bridgehead atoms. The van der Waals surface area contributed by atoms with Gasteiger partial charge in [-0.3, -0.25) is 4.79 Å². The van der Waals surface area contributed by atoms with Gasteiger partial charge >= 0.3 is 11.7 Å². The van der Waals surface area contributed by atoms with Crippen LogP contribution >= 0.6 is 0 Å². The Morgan fingerprint density at radius 1 is 1.29 bits per heavy atom. The largest absolute Gasteiger partial charge is 0.481 e. The Morgan fingerprint density at radius 3 is 2.41 bits per heavy atom. The number of carboxylic acids is 1. The fourth-order valence-electron chi connectivity index (χ4n) is 3.06. The minimum atomic E-state index is -4.72. The maximum absolute atomic E-state index is 12.2. The van der Waals surface area contributed by atoms with Crippen molar-refractivity contribution in [1.29, 1.82) is 0 Å². The Hall–Kier alpha value is -0.760. The van der Waals surface area contributed by atoms with Crippen LogP contribution in [0.4, 0.5) is 8.78 Å². The van der Waals surface area contributed by atoms with Crippen molar-refractivity contribution in [3.8, 4) is 0 Å². The summed E-state index contributed by atoms with van der Waals surface area (Å²) in [5.74, 6) is -5.73. The predicted octanol–water partition coefficient (Wildman–Crippen LogP) is 0.628. The van der Waals surface area contributed by atoms with Crippen molar-refractivity contribution in [2.75, 3.05) is 0 Å². The Labute approximate surface area is 97.2 Å². The van der Waals surface area contributed by atoms with E-state index in [2.05, 4.69) is 0 Å². The zero-order valence-corrected chi connectivity index (χ0v) is 9.66. The molecule has 2 rings (SSSR count). The summed E-state index contributed by atoms with van der Waals surface area (Å²) in [5, 5.41) is 9.02. The second-order valence-corrected chi connectivity index (χ2v) is 6.33. The number of hydrogen-bond donors (Lipinski definition) is 2. The monoisotopic (exact) mass is 269 g/mol. The summed E-state index contributed by atoms with van der Waals surface area (Å²) in [5.41, 5.74) is 0. The van der Waals surface area contributed by atoms with E-state index in [1.807, 2.05) is 4.72 Å². The summed E-state index contributed by atoms with van der Waals surface area (Å²) in [4.78, 5) is 11.0. The molecule has 0 amide bonds. The molecule has 0 aromatic carbocycles. The van der Waals surface area contributed by atoms with Crippen LogP contribution < -0.4 is 4.72 Å². The van der Waals surface area contributed by atoms with Gasteiger partial charge in [-0.1, -0.05) is 0 Å². The van der Waals surface area contributed by atoms with Crippen LogP contribution in [0.15, 0.2) is 0 Å². The molecule has 0 spiro atoms. The first-order chi connectivity index (χ1) is 7.83. The highest BCUT2D eigenvalue weighted by Gasteiger charge is 2.52. The first-order valence-electron chi connectivity index (χ1n) is 5.35. The Bertz CT molecular complexity index is 425. The molecule has 0 radical (unpaired) electrons. The summed E-state index contributed by atoms with van der Waals surface area (Å²) >= 11 is 0. The fourth-order valence-corrected chi connectivity index (χ4v) is 3.88. The Morgan fingerprint density at radius 2 is 1.88 bits per heavy atom. The van der Waals surface area contributed by atoms with Crippen LogP contribution in [0.3, 0.4) is 0 Å². The average Bonchev–Trinajstić information content (AvgIpc) is 2.76. The van der Waals surface area contributed by atoms with Gasteiger partial charge in [0.25, 0.3) is 10.0 Å². The van der Waals surface area contributed by atoms with E-state index in [1.165, 1.54) is 0 Å². The summed E-state index contributed by atoms with van der Waals surface area (Å²) in [6.07, 6.45) is 2.03. The minimum absolute atomic E-state index is 0.0946. The summed E-state index contributed by atoms with van der Waals surface area (Å²) in [6.45, 7) is 0. The molecule has 5 nitrogen and oxygen atoms in total. The lowest BCUT2D eigenvalue weighted by Crippen LogP contribution is -2.48. The molecule has 2 aliphatic carbocycles. The zero-order chi connectivity index (χ0) is 12.8. The van der Waals surface area contributed by atoms with Crippen molar-refractivity contribution < 1.29 is 27.1 Å². The quantitative estimate of drug-likeness (QED) is 0.784. The topological polar surface area (TPSA) is 83.5 Å². The highest BCUT2D eigenvalue weighted by atomic mass is 32.2. The maximum atomic E-state index is 12.2. The number of sulfonamides is 1. The average molecular weight is 269 g/mol. The fraction of sp³-hybridized carbons (Fsp3) is 0.889. The van der Waals surface area contributed by atoms with E-state index in [-0.39, 0.29) is 11.8 Å². The lowest BCUT2D eigenvalue weighted by atomic mass is 9.85. The van der Waals surface area contributed by atoms with Gasteiger partial charge in [0.1, 0.15) is 0 Å². The molecular formula is C9H13F2NO4S.